The Hall–Kier alpha value is -3.46. The smallest absolute Gasteiger partial charge is 0.275 e. The van der Waals surface area contributed by atoms with Gasteiger partial charge in [-0.25, -0.2) is 4.98 Å². The summed E-state index contributed by atoms with van der Waals surface area (Å²) in [4.78, 5) is 16.9. The quantitative estimate of drug-likeness (QED) is 0.565. The first-order valence-corrected chi connectivity index (χ1v) is 8.59. The molecular formula is C17H14N6O2S. The number of hydrogen-bond donors (Lipinski definition) is 2. The van der Waals surface area contributed by atoms with E-state index < -0.39 is 0 Å². The maximum absolute atomic E-state index is 12.5. The number of anilines is 1. The zero-order valence-corrected chi connectivity index (χ0v) is 14.5. The second-order valence-corrected chi connectivity index (χ2v) is 6.27. The van der Waals surface area contributed by atoms with Crippen LogP contribution in [0.15, 0.2) is 54.3 Å². The number of hydrogen-bond acceptors (Lipinski definition) is 6. The van der Waals surface area contributed by atoms with Crippen molar-refractivity contribution in [3.8, 4) is 22.2 Å². The van der Waals surface area contributed by atoms with Crippen LogP contribution >= 0.6 is 11.3 Å². The third-order valence-corrected chi connectivity index (χ3v) is 4.37. The fourth-order valence-corrected chi connectivity index (χ4v) is 3.08. The number of rotatable bonds is 5. The molecule has 0 bridgehead atoms. The van der Waals surface area contributed by atoms with Crippen LogP contribution in [0.3, 0.4) is 0 Å². The number of benzene rings is 1. The fourth-order valence-electron chi connectivity index (χ4n) is 2.29. The lowest BCUT2D eigenvalue weighted by atomic mass is 10.3. The molecule has 0 aliphatic rings. The lowest BCUT2D eigenvalue weighted by Crippen LogP contribution is -2.12. The minimum Gasteiger partial charge on any atom is -0.436 e. The van der Waals surface area contributed by atoms with Gasteiger partial charge in [0.15, 0.2) is 0 Å². The lowest BCUT2D eigenvalue weighted by molar-refractivity contribution is 0.102. The number of nitrogens with one attached hydrogen (secondary N) is 2. The van der Waals surface area contributed by atoms with Crippen molar-refractivity contribution in [1.82, 2.24) is 25.0 Å². The highest BCUT2D eigenvalue weighted by Gasteiger charge is 2.17. The van der Waals surface area contributed by atoms with Crippen LogP contribution in [0.2, 0.25) is 0 Å². The van der Waals surface area contributed by atoms with Crippen LogP contribution in [0.25, 0.3) is 10.6 Å². The van der Waals surface area contributed by atoms with E-state index in [1.54, 1.807) is 35.7 Å². The summed E-state index contributed by atoms with van der Waals surface area (Å²) in [6.07, 6.45) is 5.07. The third kappa shape index (κ3) is 3.33. The molecule has 8 nitrogen and oxygen atoms in total. The zero-order valence-electron chi connectivity index (χ0n) is 13.7. The molecule has 0 spiro atoms. The van der Waals surface area contributed by atoms with Crippen molar-refractivity contribution in [2.75, 3.05) is 5.32 Å². The predicted octanol–water partition coefficient (Wildman–Crippen LogP) is 3.31. The van der Waals surface area contributed by atoms with Gasteiger partial charge in [-0.05, 0) is 12.1 Å². The first kappa shape index (κ1) is 16.0. The average molecular weight is 366 g/mol. The Morgan fingerprint density at radius 2 is 2.15 bits per heavy atom. The highest BCUT2D eigenvalue weighted by Crippen LogP contribution is 2.28. The molecule has 0 aliphatic heterocycles. The summed E-state index contributed by atoms with van der Waals surface area (Å²) in [5.74, 6) is 0.622. The molecule has 0 atom stereocenters. The molecule has 3 aromatic heterocycles. The number of amides is 1. The number of aromatic amines is 1. The number of ether oxygens (including phenoxy) is 1. The number of aromatic nitrogens is 5. The molecule has 2 N–H and O–H groups in total. The van der Waals surface area contributed by atoms with Gasteiger partial charge in [0.2, 0.25) is 0 Å². The van der Waals surface area contributed by atoms with E-state index in [0.717, 1.165) is 10.6 Å². The van der Waals surface area contributed by atoms with E-state index in [1.165, 1.54) is 11.3 Å². The monoisotopic (exact) mass is 366 g/mol. The summed E-state index contributed by atoms with van der Waals surface area (Å²) in [5.41, 5.74) is 1.63. The second kappa shape index (κ2) is 6.81. The highest BCUT2D eigenvalue weighted by molar-refractivity contribution is 7.13. The molecule has 3 heterocycles. The molecule has 0 saturated carbocycles. The molecule has 4 aromatic rings. The average Bonchev–Trinajstić information content (AvgIpc) is 3.37. The molecule has 26 heavy (non-hydrogen) atoms. The molecule has 4 rings (SSSR count). The molecule has 1 amide bonds. The van der Waals surface area contributed by atoms with E-state index in [0.29, 0.717) is 23.0 Å². The van der Waals surface area contributed by atoms with Crippen LogP contribution in [0, 0.1) is 0 Å². The van der Waals surface area contributed by atoms with Crippen LogP contribution in [0.4, 0.5) is 5.69 Å². The molecule has 0 fully saturated rings. The van der Waals surface area contributed by atoms with Crippen LogP contribution in [-0.2, 0) is 7.05 Å². The Labute approximate surface area is 152 Å². The summed E-state index contributed by atoms with van der Waals surface area (Å²) in [6.45, 7) is 0. The van der Waals surface area contributed by atoms with Crippen molar-refractivity contribution < 1.29 is 9.53 Å². The number of H-pyrrole nitrogens is 1. The summed E-state index contributed by atoms with van der Waals surface area (Å²) in [6, 6.07) is 9.26. The van der Waals surface area contributed by atoms with E-state index in [9.17, 15) is 4.79 Å². The number of carbonyl (C=O) groups is 1. The molecule has 0 radical (unpaired) electrons. The maximum atomic E-state index is 12.5. The topological polar surface area (TPSA) is 97.7 Å². The summed E-state index contributed by atoms with van der Waals surface area (Å²) >= 11 is 1.37. The SMILES string of the molecule is Cn1cc(NC(=O)c2csc(-c3cn[nH]c3)n2)c(Oc2ccccc2)n1. The van der Waals surface area contributed by atoms with Crippen molar-refractivity contribution in [2.45, 2.75) is 0 Å². The van der Waals surface area contributed by atoms with Gasteiger partial charge in [0, 0.05) is 24.2 Å². The van der Waals surface area contributed by atoms with Gasteiger partial charge in [0.1, 0.15) is 22.1 Å². The number of para-hydroxylation sites is 1. The van der Waals surface area contributed by atoms with Crippen molar-refractivity contribution in [3.63, 3.8) is 0 Å². The third-order valence-electron chi connectivity index (χ3n) is 3.48. The molecule has 0 saturated heterocycles. The van der Waals surface area contributed by atoms with Crippen LogP contribution in [-0.4, -0.2) is 30.9 Å². The van der Waals surface area contributed by atoms with Gasteiger partial charge in [-0.1, -0.05) is 18.2 Å². The minimum absolute atomic E-state index is 0.317. The van der Waals surface area contributed by atoms with Gasteiger partial charge >= 0.3 is 0 Å². The first-order chi connectivity index (χ1) is 12.7. The second-order valence-electron chi connectivity index (χ2n) is 5.42. The van der Waals surface area contributed by atoms with Gasteiger partial charge in [0.05, 0.1) is 12.4 Å². The molecular weight excluding hydrogens is 352 g/mol. The van der Waals surface area contributed by atoms with Gasteiger partial charge in [0.25, 0.3) is 11.8 Å². The van der Waals surface area contributed by atoms with Crippen molar-refractivity contribution in [3.05, 3.63) is 60.0 Å². The highest BCUT2D eigenvalue weighted by atomic mass is 32.1. The number of thiazole rings is 1. The Morgan fingerprint density at radius 3 is 2.92 bits per heavy atom. The van der Waals surface area contributed by atoms with E-state index in [1.807, 2.05) is 30.3 Å². The molecule has 0 aliphatic carbocycles. The van der Waals surface area contributed by atoms with E-state index in [2.05, 4.69) is 25.6 Å². The number of carbonyl (C=O) groups excluding carboxylic acids is 1. The normalized spacial score (nSPS) is 10.7. The fraction of sp³-hybridized carbons (Fsp3) is 0.0588. The van der Waals surface area contributed by atoms with Gasteiger partial charge in [-0.3, -0.25) is 14.6 Å². The largest absolute Gasteiger partial charge is 0.436 e. The Bertz CT molecular complexity index is 1020. The molecule has 9 heteroatoms. The van der Waals surface area contributed by atoms with Gasteiger partial charge < -0.3 is 10.1 Å². The summed E-state index contributed by atoms with van der Waals surface area (Å²) < 4.78 is 7.33. The molecule has 0 unspecified atom stereocenters. The minimum atomic E-state index is -0.332. The molecule has 130 valence electrons. The van der Waals surface area contributed by atoms with E-state index in [4.69, 9.17) is 4.74 Å². The lowest BCUT2D eigenvalue weighted by Gasteiger charge is -2.05. The first-order valence-electron chi connectivity index (χ1n) is 7.71. The zero-order chi connectivity index (χ0) is 17.9. The van der Waals surface area contributed by atoms with E-state index >= 15 is 0 Å². The molecule has 1 aromatic carbocycles. The van der Waals surface area contributed by atoms with Crippen LogP contribution in [0.1, 0.15) is 10.5 Å². The Kier molecular flexibility index (Phi) is 4.20. The predicted molar refractivity (Wildman–Crippen MR) is 97.4 cm³/mol. The van der Waals surface area contributed by atoms with Crippen LogP contribution in [0.5, 0.6) is 11.6 Å². The number of nitrogens with zero attached hydrogens (tertiary/aromatic N) is 4. The van der Waals surface area contributed by atoms with Crippen molar-refractivity contribution in [2.24, 2.45) is 7.05 Å². The van der Waals surface area contributed by atoms with Gasteiger partial charge in [-0.2, -0.15) is 5.10 Å². The van der Waals surface area contributed by atoms with Crippen molar-refractivity contribution >= 4 is 22.9 Å². The van der Waals surface area contributed by atoms with E-state index in [-0.39, 0.29) is 5.91 Å². The Balaban J connectivity index is 1.53. The van der Waals surface area contributed by atoms with Gasteiger partial charge in [-0.15, -0.1) is 16.4 Å². The summed E-state index contributed by atoms with van der Waals surface area (Å²) in [7, 11) is 1.76. The number of aryl methyl sites for hydroxylation is 1. The maximum Gasteiger partial charge on any atom is 0.275 e. The Morgan fingerprint density at radius 1 is 1.31 bits per heavy atom. The standard InChI is InChI=1S/C17H14N6O2S/c1-23-9-13(16(22-23)25-12-5-3-2-4-6-12)20-15(24)14-10-26-17(21-14)11-7-18-19-8-11/h2-10H,1H3,(H,18,19)(H,20,24). The summed E-state index contributed by atoms with van der Waals surface area (Å²) in [5, 5.41) is 16.1. The van der Waals surface area contributed by atoms with Crippen molar-refractivity contribution in [1.29, 1.82) is 0 Å². The van der Waals surface area contributed by atoms with Crippen LogP contribution < -0.4 is 10.1 Å².